The number of nitrogens with zero attached hydrogens (tertiary/aromatic N) is 2. The monoisotopic (exact) mass is 378 g/mol. The number of benzene rings is 2. The molecule has 1 aromatic heterocycles. The van der Waals surface area contributed by atoms with Gasteiger partial charge in [0.05, 0.1) is 26.3 Å². The van der Waals surface area contributed by atoms with Gasteiger partial charge in [-0.05, 0) is 35.9 Å². The summed E-state index contributed by atoms with van der Waals surface area (Å²) in [4.78, 5) is 26.7. The maximum atomic E-state index is 12.8. The molecule has 0 radical (unpaired) electrons. The van der Waals surface area contributed by atoms with Gasteiger partial charge in [0.25, 0.3) is 11.5 Å². The molecule has 0 saturated heterocycles. The molecule has 1 heterocycles. The zero-order valence-corrected chi connectivity index (χ0v) is 16.1. The van der Waals surface area contributed by atoms with E-state index in [1.807, 2.05) is 42.5 Å². The fourth-order valence-corrected chi connectivity index (χ4v) is 2.90. The Labute approximate surface area is 163 Å². The molecule has 0 saturated carbocycles. The molecule has 1 amide bonds. The first-order chi connectivity index (χ1) is 13.5. The van der Waals surface area contributed by atoms with Crippen LogP contribution in [-0.4, -0.2) is 31.7 Å². The molecular formula is C22H22N2O4. The molecule has 3 rings (SSSR count). The number of amides is 1. The third-order valence-electron chi connectivity index (χ3n) is 4.44. The molecular weight excluding hydrogens is 356 g/mol. The van der Waals surface area contributed by atoms with Crippen molar-refractivity contribution >= 4 is 11.6 Å². The zero-order valence-electron chi connectivity index (χ0n) is 16.1. The Morgan fingerprint density at radius 2 is 1.61 bits per heavy atom. The van der Waals surface area contributed by atoms with Crippen molar-refractivity contribution in [2.75, 3.05) is 26.2 Å². The summed E-state index contributed by atoms with van der Waals surface area (Å²) < 4.78 is 12.1. The number of para-hydroxylation sites is 1. The standard InChI is InChI=1S/C22H22N2O4/c1-23(18-7-5-4-6-8-18)22(26)17-9-10-21(25)24(15-17)14-16-11-19(27-2)13-20(12-16)28-3/h4-13,15H,14H2,1-3H3. The van der Waals surface area contributed by atoms with Crippen LogP contribution in [-0.2, 0) is 6.54 Å². The van der Waals surface area contributed by atoms with Crippen LogP contribution in [0.3, 0.4) is 0 Å². The largest absolute Gasteiger partial charge is 0.497 e. The van der Waals surface area contributed by atoms with Crippen molar-refractivity contribution in [3.63, 3.8) is 0 Å². The van der Waals surface area contributed by atoms with Gasteiger partial charge < -0.3 is 18.9 Å². The Hall–Kier alpha value is -3.54. The molecule has 6 nitrogen and oxygen atoms in total. The predicted octanol–water partition coefficient (Wildman–Crippen LogP) is 3.19. The smallest absolute Gasteiger partial charge is 0.259 e. The van der Waals surface area contributed by atoms with Crippen molar-refractivity contribution < 1.29 is 14.3 Å². The first-order valence-corrected chi connectivity index (χ1v) is 8.77. The van der Waals surface area contributed by atoms with Gasteiger partial charge in [-0.15, -0.1) is 0 Å². The Balaban J connectivity index is 1.90. The van der Waals surface area contributed by atoms with Gasteiger partial charge in [0.1, 0.15) is 11.5 Å². The molecule has 0 aliphatic heterocycles. The maximum Gasteiger partial charge on any atom is 0.259 e. The summed E-state index contributed by atoms with van der Waals surface area (Å²) in [6, 6.07) is 17.7. The number of rotatable bonds is 6. The lowest BCUT2D eigenvalue weighted by Gasteiger charge is -2.18. The van der Waals surface area contributed by atoms with E-state index in [4.69, 9.17) is 9.47 Å². The summed E-state index contributed by atoms with van der Waals surface area (Å²) in [5, 5.41) is 0. The molecule has 6 heteroatoms. The molecule has 0 fully saturated rings. The van der Waals surface area contributed by atoms with Gasteiger partial charge in [0.15, 0.2) is 0 Å². The predicted molar refractivity (Wildman–Crippen MR) is 109 cm³/mol. The highest BCUT2D eigenvalue weighted by Gasteiger charge is 2.15. The number of hydrogen-bond donors (Lipinski definition) is 0. The third kappa shape index (κ3) is 4.23. The van der Waals surface area contributed by atoms with Gasteiger partial charge in [-0.3, -0.25) is 9.59 Å². The van der Waals surface area contributed by atoms with Crippen LogP contribution >= 0.6 is 0 Å². The molecule has 3 aromatic rings. The van der Waals surface area contributed by atoms with E-state index in [0.717, 1.165) is 11.3 Å². The number of carbonyl (C=O) groups is 1. The zero-order chi connectivity index (χ0) is 20.1. The molecule has 0 spiro atoms. The summed E-state index contributed by atoms with van der Waals surface area (Å²) in [7, 11) is 4.85. The fraction of sp³-hybridized carbons (Fsp3) is 0.182. The van der Waals surface area contributed by atoms with Crippen LogP contribution in [0.15, 0.2) is 71.7 Å². The minimum atomic E-state index is -0.194. The molecule has 0 atom stereocenters. The minimum absolute atomic E-state index is 0.192. The van der Waals surface area contributed by atoms with E-state index in [-0.39, 0.29) is 11.5 Å². The Bertz CT molecular complexity index is 1010. The van der Waals surface area contributed by atoms with Crippen molar-refractivity contribution in [2.24, 2.45) is 0 Å². The fourth-order valence-electron chi connectivity index (χ4n) is 2.90. The number of ether oxygens (including phenoxy) is 2. The van der Waals surface area contributed by atoms with Crippen LogP contribution in [0.5, 0.6) is 11.5 Å². The molecule has 0 unspecified atom stereocenters. The topological polar surface area (TPSA) is 60.8 Å². The van der Waals surface area contributed by atoms with E-state index < -0.39 is 0 Å². The van der Waals surface area contributed by atoms with Gasteiger partial charge in [-0.1, -0.05) is 18.2 Å². The van der Waals surface area contributed by atoms with E-state index in [1.54, 1.807) is 44.5 Å². The first-order valence-electron chi connectivity index (χ1n) is 8.77. The highest BCUT2D eigenvalue weighted by molar-refractivity contribution is 6.05. The lowest BCUT2D eigenvalue weighted by Crippen LogP contribution is -2.28. The van der Waals surface area contributed by atoms with Crippen molar-refractivity contribution in [1.82, 2.24) is 4.57 Å². The highest BCUT2D eigenvalue weighted by atomic mass is 16.5. The van der Waals surface area contributed by atoms with Gasteiger partial charge in [0.2, 0.25) is 0 Å². The number of hydrogen-bond acceptors (Lipinski definition) is 4. The van der Waals surface area contributed by atoms with Crippen molar-refractivity contribution in [2.45, 2.75) is 6.54 Å². The minimum Gasteiger partial charge on any atom is -0.497 e. The number of anilines is 1. The molecule has 144 valence electrons. The van der Waals surface area contributed by atoms with E-state index in [0.29, 0.717) is 23.6 Å². The summed E-state index contributed by atoms with van der Waals surface area (Å²) in [5.41, 5.74) is 1.85. The summed E-state index contributed by atoms with van der Waals surface area (Å²) in [5.74, 6) is 1.08. The quantitative estimate of drug-likeness (QED) is 0.661. The summed E-state index contributed by atoms with van der Waals surface area (Å²) in [6.07, 6.45) is 1.58. The van der Waals surface area contributed by atoms with Gasteiger partial charge in [-0.2, -0.15) is 0 Å². The van der Waals surface area contributed by atoms with Crippen LogP contribution in [0.1, 0.15) is 15.9 Å². The Morgan fingerprint density at radius 1 is 0.964 bits per heavy atom. The second-order valence-corrected chi connectivity index (χ2v) is 6.30. The molecule has 2 aromatic carbocycles. The van der Waals surface area contributed by atoms with Gasteiger partial charge in [0, 0.05) is 31.1 Å². The second kappa shape index (κ2) is 8.43. The normalized spacial score (nSPS) is 10.4. The molecule has 0 bridgehead atoms. The summed E-state index contributed by atoms with van der Waals surface area (Å²) in [6.45, 7) is 0.294. The number of methoxy groups -OCH3 is 2. The highest BCUT2D eigenvalue weighted by Crippen LogP contribution is 2.23. The Kier molecular flexibility index (Phi) is 5.79. The first kappa shape index (κ1) is 19.2. The van der Waals surface area contributed by atoms with Crippen LogP contribution in [0.4, 0.5) is 5.69 Å². The second-order valence-electron chi connectivity index (χ2n) is 6.30. The van der Waals surface area contributed by atoms with Crippen LogP contribution in [0.2, 0.25) is 0 Å². The van der Waals surface area contributed by atoms with Crippen LogP contribution in [0, 0.1) is 0 Å². The van der Waals surface area contributed by atoms with Crippen molar-refractivity contribution in [3.05, 3.63) is 88.3 Å². The lowest BCUT2D eigenvalue weighted by molar-refractivity contribution is 0.0992. The Morgan fingerprint density at radius 3 is 2.21 bits per heavy atom. The van der Waals surface area contributed by atoms with Crippen molar-refractivity contribution in [1.29, 1.82) is 0 Å². The summed E-state index contributed by atoms with van der Waals surface area (Å²) >= 11 is 0. The average Bonchev–Trinajstić information content (AvgIpc) is 2.74. The number of carbonyl (C=O) groups excluding carboxylic acids is 1. The number of aromatic nitrogens is 1. The molecule has 0 aliphatic carbocycles. The van der Waals surface area contributed by atoms with Crippen LogP contribution in [0.25, 0.3) is 0 Å². The SMILES string of the molecule is COc1cc(Cn2cc(C(=O)N(C)c3ccccc3)ccc2=O)cc(OC)c1. The third-order valence-corrected chi connectivity index (χ3v) is 4.44. The van der Waals surface area contributed by atoms with Gasteiger partial charge in [-0.25, -0.2) is 0 Å². The molecule has 28 heavy (non-hydrogen) atoms. The number of pyridine rings is 1. The van der Waals surface area contributed by atoms with E-state index in [1.165, 1.54) is 10.6 Å². The van der Waals surface area contributed by atoms with Crippen molar-refractivity contribution in [3.8, 4) is 11.5 Å². The maximum absolute atomic E-state index is 12.8. The van der Waals surface area contributed by atoms with Crippen LogP contribution < -0.4 is 19.9 Å². The molecule has 0 aliphatic rings. The lowest BCUT2D eigenvalue weighted by atomic mass is 10.2. The van der Waals surface area contributed by atoms with E-state index >= 15 is 0 Å². The molecule has 0 N–H and O–H groups in total. The van der Waals surface area contributed by atoms with E-state index in [2.05, 4.69) is 0 Å². The van der Waals surface area contributed by atoms with Gasteiger partial charge >= 0.3 is 0 Å². The van der Waals surface area contributed by atoms with E-state index in [9.17, 15) is 9.59 Å². The average molecular weight is 378 g/mol.